The number of nitrogens with zero attached hydrogens (tertiary/aromatic N) is 1. The lowest BCUT2D eigenvalue weighted by Crippen LogP contribution is -2.47. The van der Waals surface area contributed by atoms with E-state index in [1.165, 1.54) is 0 Å². The lowest BCUT2D eigenvalue weighted by atomic mass is 10.2. The molecule has 23 heavy (non-hydrogen) atoms. The van der Waals surface area contributed by atoms with E-state index in [0.29, 0.717) is 0 Å². The maximum Gasteiger partial charge on any atom is 0.415 e. The van der Waals surface area contributed by atoms with Crippen molar-refractivity contribution in [2.24, 2.45) is 0 Å². The number of ether oxygens (including phenoxy) is 1. The highest BCUT2D eigenvalue weighted by molar-refractivity contribution is 5.67. The van der Waals surface area contributed by atoms with E-state index in [0.717, 1.165) is 4.90 Å². The minimum atomic E-state index is -4.79. The quantitative estimate of drug-likeness (QED) is 0.497. The van der Waals surface area contributed by atoms with Crippen LogP contribution in [0, 0.1) is 0 Å². The van der Waals surface area contributed by atoms with E-state index in [1.807, 2.05) is 0 Å². The maximum atomic E-state index is 12.4. The van der Waals surface area contributed by atoms with E-state index in [1.54, 1.807) is 20.8 Å². The molecule has 2 atom stereocenters. The van der Waals surface area contributed by atoms with E-state index >= 15 is 0 Å². The smallest absolute Gasteiger partial charge is 0.415 e. The van der Waals surface area contributed by atoms with Gasteiger partial charge < -0.3 is 25.4 Å². The van der Waals surface area contributed by atoms with Gasteiger partial charge in [0.1, 0.15) is 5.60 Å². The SMILES string of the molecule is CC(C)(C)OC(=O)NCCN(CC(O)CO)CC(O)C(F)(F)F. The van der Waals surface area contributed by atoms with Gasteiger partial charge in [-0.25, -0.2) is 4.79 Å². The summed E-state index contributed by atoms with van der Waals surface area (Å²) in [6.07, 6.45) is -9.36. The molecule has 4 N–H and O–H groups in total. The fourth-order valence-electron chi connectivity index (χ4n) is 1.59. The summed E-state index contributed by atoms with van der Waals surface area (Å²) in [4.78, 5) is 12.5. The van der Waals surface area contributed by atoms with Crippen LogP contribution < -0.4 is 5.32 Å². The average Bonchev–Trinajstić information content (AvgIpc) is 2.34. The summed E-state index contributed by atoms with van der Waals surface area (Å²) in [5, 5.41) is 29.5. The molecule has 0 saturated heterocycles. The van der Waals surface area contributed by atoms with Gasteiger partial charge in [0.25, 0.3) is 0 Å². The number of alkyl carbamates (subject to hydrolysis) is 1. The number of halogens is 3. The van der Waals surface area contributed by atoms with Crippen molar-refractivity contribution in [1.29, 1.82) is 0 Å². The third kappa shape index (κ3) is 11.1. The Kier molecular flexibility index (Phi) is 8.82. The van der Waals surface area contributed by atoms with Crippen molar-refractivity contribution in [3.05, 3.63) is 0 Å². The molecule has 0 rings (SSSR count). The third-order valence-corrected chi connectivity index (χ3v) is 2.58. The van der Waals surface area contributed by atoms with E-state index in [-0.39, 0.29) is 19.6 Å². The first-order valence-electron chi connectivity index (χ1n) is 7.08. The van der Waals surface area contributed by atoms with Crippen molar-refractivity contribution in [2.75, 3.05) is 32.8 Å². The van der Waals surface area contributed by atoms with Gasteiger partial charge in [-0.2, -0.15) is 13.2 Å². The number of nitrogens with one attached hydrogen (secondary N) is 1. The van der Waals surface area contributed by atoms with Crippen molar-refractivity contribution in [3.8, 4) is 0 Å². The molecule has 0 heterocycles. The number of rotatable bonds is 8. The van der Waals surface area contributed by atoms with Crippen LogP contribution in [0.5, 0.6) is 0 Å². The molecule has 2 unspecified atom stereocenters. The highest BCUT2D eigenvalue weighted by atomic mass is 19.4. The minimum Gasteiger partial charge on any atom is -0.444 e. The Labute approximate surface area is 133 Å². The summed E-state index contributed by atoms with van der Waals surface area (Å²) >= 11 is 0. The molecule has 7 nitrogen and oxygen atoms in total. The average molecular weight is 346 g/mol. The predicted molar refractivity (Wildman–Crippen MR) is 75.8 cm³/mol. The Bertz CT molecular complexity index is 360. The zero-order valence-corrected chi connectivity index (χ0v) is 13.4. The second kappa shape index (κ2) is 9.26. The van der Waals surface area contributed by atoms with Gasteiger partial charge in [-0.15, -0.1) is 0 Å². The molecule has 0 aliphatic carbocycles. The first-order valence-corrected chi connectivity index (χ1v) is 7.08. The molecule has 0 aromatic rings. The monoisotopic (exact) mass is 346 g/mol. The molecule has 0 radical (unpaired) electrons. The highest BCUT2D eigenvalue weighted by Gasteiger charge is 2.39. The molecular formula is C13H25F3N2O5. The summed E-state index contributed by atoms with van der Waals surface area (Å²) in [7, 11) is 0. The molecule has 1 amide bonds. The fourth-order valence-corrected chi connectivity index (χ4v) is 1.59. The van der Waals surface area contributed by atoms with Gasteiger partial charge in [-0.05, 0) is 20.8 Å². The number of amides is 1. The van der Waals surface area contributed by atoms with Gasteiger partial charge in [0.2, 0.25) is 0 Å². The van der Waals surface area contributed by atoms with Crippen molar-refractivity contribution in [1.82, 2.24) is 10.2 Å². The van der Waals surface area contributed by atoms with Crippen LogP contribution in [0.15, 0.2) is 0 Å². The Morgan fingerprint density at radius 1 is 1.22 bits per heavy atom. The predicted octanol–water partition coefficient (Wildman–Crippen LogP) is 0.0895. The lowest BCUT2D eigenvalue weighted by molar-refractivity contribution is -0.208. The Hall–Kier alpha value is -1.10. The van der Waals surface area contributed by atoms with Gasteiger partial charge in [-0.3, -0.25) is 4.90 Å². The topological polar surface area (TPSA) is 102 Å². The number of carbonyl (C=O) groups is 1. The van der Waals surface area contributed by atoms with Gasteiger partial charge >= 0.3 is 12.3 Å². The second-order valence-corrected chi connectivity index (χ2v) is 6.08. The van der Waals surface area contributed by atoms with Crippen LogP contribution in [0.3, 0.4) is 0 Å². The molecule has 0 aromatic heterocycles. The second-order valence-electron chi connectivity index (χ2n) is 6.08. The molecule has 10 heteroatoms. The van der Waals surface area contributed by atoms with Crippen LogP contribution in [-0.2, 0) is 4.74 Å². The number of hydrogen-bond acceptors (Lipinski definition) is 6. The van der Waals surface area contributed by atoms with E-state index in [4.69, 9.17) is 14.9 Å². The number of carbonyl (C=O) groups excluding carboxylic acids is 1. The zero-order chi connectivity index (χ0) is 18.3. The largest absolute Gasteiger partial charge is 0.444 e. The summed E-state index contributed by atoms with van der Waals surface area (Å²) in [6, 6.07) is 0. The normalized spacial score (nSPS) is 15.4. The molecule has 0 aliphatic heterocycles. The number of aliphatic hydroxyl groups is 3. The van der Waals surface area contributed by atoms with E-state index in [2.05, 4.69) is 5.32 Å². The molecule has 0 aromatic carbocycles. The van der Waals surface area contributed by atoms with Gasteiger partial charge in [0, 0.05) is 26.2 Å². The molecule has 0 saturated carbocycles. The third-order valence-electron chi connectivity index (χ3n) is 2.58. The number of hydrogen-bond donors (Lipinski definition) is 4. The first kappa shape index (κ1) is 21.9. The Morgan fingerprint density at radius 3 is 2.22 bits per heavy atom. The van der Waals surface area contributed by atoms with E-state index < -0.39 is 43.2 Å². The van der Waals surface area contributed by atoms with Gasteiger partial charge in [-0.1, -0.05) is 0 Å². The summed E-state index contributed by atoms with van der Waals surface area (Å²) in [6.45, 7) is 3.19. The Balaban J connectivity index is 4.45. The van der Waals surface area contributed by atoms with Gasteiger partial charge in [0.15, 0.2) is 6.10 Å². The molecule has 138 valence electrons. The summed E-state index contributed by atoms with van der Waals surface area (Å²) < 4.78 is 42.1. The lowest BCUT2D eigenvalue weighted by Gasteiger charge is -2.28. The van der Waals surface area contributed by atoms with E-state index in [9.17, 15) is 23.1 Å². The molecule has 0 bridgehead atoms. The highest BCUT2D eigenvalue weighted by Crippen LogP contribution is 2.20. The molecule has 0 fully saturated rings. The molecular weight excluding hydrogens is 321 g/mol. The summed E-state index contributed by atoms with van der Waals surface area (Å²) in [5.41, 5.74) is -0.705. The zero-order valence-electron chi connectivity index (χ0n) is 13.4. The maximum absolute atomic E-state index is 12.4. The van der Waals surface area contributed by atoms with Gasteiger partial charge in [0.05, 0.1) is 12.7 Å². The van der Waals surface area contributed by atoms with Crippen molar-refractivity contribution in [3.63, 3.8) is 0 Å². The van der Waals surface area contributed by atoms with Crippen molar-refractivity contribution >= 4 is 6.09 Å². The fraction of sp³-hybridized carbons (Fsp3) is 0.923. The molecule has 0 spiro atoms. The number of aliphatic hydroxyl groups excluding tert-OH is 3. The Morgan fingerprint density at radius 2 is 1.78 bits per heavy atom. The molecule has 0 aliphatic rings. The number of alkyl halides is 3. The standard InChI is InChI=1S/C13H25F3N2O5/c1-12(2,3)23-11(22)17-4-5-18(6-9(20)8-19)7-10(21)13(14,15)16/h9-10,19-21H,4-8H2,1-3H3,(H,17,22). The van der Waals surface area contributed by atoms with Crippen LogP contribution in [0.1, 0.15) is 20.8 Å². The van der Waals surface area contributed by atoms with Crippen molar-refractivity contribution < 1.29 is 38.0 Å². The van der Waals surface area contributed by atoms with Crippen LogP contribution in [0.4, 0.5) is 18.0 Å². The van der Waals surface area contributed by atoms with Crippen LogP contribution in [-0.4, -0.2) is 83.1 Å². The van der Waals surface area contributed by atoms with Crippen LogP contribution in [0.25, 0.3) is 0 Å². The summed E-state index contributed by atoms with van der Waals surface area (Å²) in [5.74, 6) is 0. The first-order chi connectivity index (χ1) is 10.3. The van der Waals surface area contributed by atoms with Crippen molar-refractivity contribution in [2.45, 2.75) is 44.8 Å². The van der Waals surface area contributed by atoms with Crippen LogP contribution >= 0.6 is 0 Å². The minimum absolute atomic E-state index is 0.0440. The van der Waals surface area contributed by atoms with Crippen LogP contribution in [0.2, 0.25) is 0 Å².